The van der Waals surface area contributed by atoms with E-state index >= 15 is 0 Å². The van der Waals surface area contributed by atoms with Crippen LogP contribution in [-0.2, 0) is 5.41 Å². The van der Waals surface area contributed by atoms with E-state index in [9.17, 15) is 0 Å². The molecule has 2 nitrogen and oxygen atoms in total. The van der Waals surface area contributed by atoms with Gasteiger partial charge in [0.2, 0.25) is 0 Å². The molecule has 0 aliphatic rings. The molecule has 5 heteroatoms. The molecule has 2 rings (SSSR count). The normalized spacial score (nSPS) is 13.8. The zero-order valence-electron chi connectivity index (χ0n) is 17.9. The van der Waals surface area contributed by atoms with Gasteiger partial charge in [-0.15, -0.1) is 11.6 Å². The van der Waals surface area contributed by atoms with Gasteiger partial charge in [-0.3, -0.25) is 0 Å². The summed E-state index contributed by atoms with van der Waals surface area (Å²) < 4.78 is 11.7. The molecule has 160 valence electrons. The molecule has 0 amide bonds. The zero-order chi connectivity index (χ0) is 21.6. The van der Waals surface area contributed by atoms with E-state index < -0.39 is 0 Å². The highest BCUT2D eigenvalue weighted by Crippen LogP contribution is 2.38. The molecule has 0 spiro atoms. The maximum Gasteiger partial charge on any atom is 0.137 e. The molecule has 0 aromatic heterocycles. The molecule has 0 radical (unpaired) electrons. The van der Waals surface area contributed by atoms with Crippen LogP contribution in [0.15, 0.2) is 36.4 Å². The predicted molar refractivity (Wildman–Crippen MR) is 125 cm³/mol. The molecule has 2 aromatic carbocycles. The monoisotopic (exact) mass is 456 g/mol. The summed E-state index contributed by atoms with van der Waals surface area (Å²) in [5.41, 5.74) is 1.91. The molecule has 0 bridgehead atoms. The molecule has 0 saturated carbocycles. The molecular weight excluding hydrogens is 427 g/mol. The summed E-state index contributed by atoms with van der Waals surface area (Å²) in [5, 5.41) is 1.22. The average Bonchev–Trinajstić information content (AvgIpc) is 2.71. The highest BCUT2D eigenvalue weighted by Gasteiger charge is 2.25. The Bertz CT molecular complexity index is 739. The van der Waals surface area contributed by atoms with Crippen molar-refractivity contribution in [2.75, 3.05) is 19.1 Å². The first-order chi connectivity index (χ1) is 13.7. The topological polar surface area (TPSA) is 18.5 Å². The van der Waals surface area contributed by atoms with E-state index in [-0.39, 0.29) is 11.3 Å². The molecule has 2 atom stereocenters. The first kappa shape index (κ1) is 24.2. The van der Waals surface area contributed by atoms with Crippen molar-refractivity contribution in [2.24, 2.45) is 11.8 Å². The lowest BCUT2D eigenvalue weighted by molar-refractivity contribution is 0.256. The van der Waals surface area contributed by atoms with E-state index in [2.05, 4.69) is 33.8 Å². The second-order valence-electron chi connectivity index (χ2n) is 8.31. The predicted octanol–water partition coefficient (Wildman–Crippen LogP) is 8.00. The first-order valence-corrected chi connectivity index (χ1v) is 11.4. The van der Waals surface area contributed by atoms with Gasteiger partial charge in [-0.05, 0) is 41.3 Å². The van der Waals surface area contributed by atoms with Crippen LogP contribution in [-0.4, -0.2) is 19.1 Å². The van der Waals surface area contributed by atoms with Crippen LogP contribution in [0.3, 0.4) is 0 Å². The van der Waals surface area contributed by atoms with Crippen molar-refractivity contribution in [1.29, 1.82) is 0 Å². The van der Waals surface area contributed by atoms with Crippen LogP contribution in [0.4, 0.5) is 0 Å². The smallest absolute Gasteiger partial charge is 0.137 e. The molecule has 0 aliphatic heterocycles. The second-order valence-corrected chi connectivity index (χ2v) is 9.43. The van der Waals surface area contributed by atoms with Crippen LogP contribution < -0.4 is 9.47 Å². The van der Waals surface area contributed by atoms with Crippen molar-refractivity contribution in [3.63, 3.8) is 0 Å². The summed E-state index contributed by atoms with van der Waals surface area (Å²) in [6.07, 6.45) is 1.08. The van der Waals surface area contributed by atoms with E-state index in [1.165, 1.54) is 0 Å². The molecule has 29 heavy (non-hydrogen) atoms. The van der Waals surface area contributed by atoms with Crippen molar-refractivity contribution in [1.82, 2.24) is 0 Å². The Kier molecular flexibility index (Phi) is 9.00. The quantitative estimate of drug-likeness (QED) is 0.336. The highest BCUT2D eigenvalue weighted by molar-refractivity contribution is 6.32. The molecule has 0 aliphatic carbocycles. The number of ether oxygens (including phenoxy) is 2. The zero-order valence-corrected chi connectivity index (χ0v) is 20.2. The fourth-order valence-corrected chi connectivity index (χ4v) is 3.37. The highest BCUT2D eigenvalue weighted by atomic mass is 35.5. The minimum atomic E-state index is -0.273. The van der Waals surface area contributed by atoms with Crippen molar-refractivity contribution in [3.05, 3.63) is 57.6 Å². The summed E-state index contributed by atoms with van der Waals surface area (Å²) in [7, 11) is 0. The fraction of sp³-hybridized carbons (Fsp3) is 0.500. The van der Waals surface area contributed by atoms with Crippen molar-refractivity contribution < 1.29 is 9.47 Å². The Morgan fingerprint density at radius 1 is 0.828 bits per heavy atom. The van der Waals surface area contributed by atoms with Gasteiger partial charge in [0.05, 0.1) is 23.3 Å². The fourth-order valence-electron chi connectivity index (χ4n) is 2.81. The SMILES string of the molecule is CC[C@H](C)COc1ccc(C(C)(C)c2ccc(OC[C@H](C)CCl)c(Cl)c2)cc1Cl. The van der Waals surface area contributed by atoms with Gasteiger partial charge < -0.3 is 9.47 Å². The molecule has 0 unspecified atom stereocenters. The summed E-state index contributed by atoms with van der Waals surface area (Å²) >= 11 is 18.8. The van der Waals surface area contributed by atoms with E-state index in [1.807, 2.05) is 37.3 Å². The molecule has 0 fully saturated rings. The van der Waals surface area contributed by atoms with Gasteiger partial charge in [0.15, 0.2) is 0 Å². The molecule has 0 saturated heterocycles. The molecule has 0 heterocycles. The lowest BCUT2D eigenvalue weighted by Crippen LogP contribution is -2.19. The Morgan fingerprint density at radius 3 is 1.66 bits per heavy atom. The molecular formula is C24H31Cl3O2. The van der Waals surface area contributed by atoms with Crippen LogP contribution in [0.5, 0.6) is 11.5 Å². The largest absolute Gasteiger partial charge is 0.492 e. The number of hydrogen-bond donors (Lipinski definition) is 0. The Morgan fingerprint density at radius 2 is 1.28 bits per heavy atom. The lowest BCUT2D eigenvalue weighted by atomic mass is 9.78. The number of alkyl halides is 1. The standard InChI is InChI=1S/C24H31Cl3O2/c1-6-16(2)14-28-22-9-7-18(11-20(22)26)24(4,5)19-8-10-23(21(27)12-19)29-15-17(3)13-25/h7-12,16-17H,6,13-15H2,1-5H3/t16-,17+/m0/s1. The van der Waals surface area contributed by atoms with Gasteiger partial charge in [0.25, 0.3) is 0 Å². The average molecular weight is 458 g/mol. The van der Waals surface area contributed by atoms with Gasteiger partial charge in [-0.1, -0.05) is 76.4 Å². The van der Waals surface area contributed by atoms with Crippen LogP contribution in [0, 0.1) is 11.8 Å². The van der Waals surface area contributed by atoms with Gasteiger partial charge in [0, 0.05) is 17.2 Å². The first-order valence-electron chi connectivity index (χ1n) is 10.1. The minimum absolute atomic E-state index is 0.270. The van der Waals surface area contributed by atoms with Crippen LogP contribution in [0.2, 0.25) is 10.0 Å². The maximum absolute atomic E-state index is 6.51. The van der Waals surface area contributed by atoms with E-state index in [4.69, 9.17) is 44.3 Å². The van der Waals surface area contributed by atoms with Crippen molar-refractivity contribution >= 4 is 34.8 Å². The number of benzene rings is 2. The summed E-state index contributed by atoms with van der Waals surface area (Å²) in [6, 6.07) is 11.9. The number of halogens is 3. The Labute approximate surface area is 190 Å². The van der Waals surface area contributed by atoms with E-state index in [1.54, 1.807) is 0 Å². The third-order valence-electron chi connectivity index (χ3n) is 5.31. The van der Waals surface area contributed by atoms with E-state index in [0.717, 1.165) is 23.3 Å². The third-order valence-corrected chi connectivity index (χ3v) is 6.43. The third kappa shape index (κ3) is 6.44. The Balaban J connectivity index is 2.19. The van der Waals surface area contributed by atoms with Crippen LogP contribution in [0.25, 0.3) is 0 Å². The van der Waals surface area contributed by atoms with Gasteiger partial charge in [-0.25, -0.2) is 0 Å². The lowest BCUT2D eigenvalue weighted by Gasteiger charge is -2.27. The van der Waals surface area contributed by atoms with Gasteiger partial charge in [0.1, 0.15) is 11.5 Å². The van der Waals surface area contributed by atoms with Gasteiger partial charge in [-0.2, -0.15) is 0 Å². The molecule has 0 N–H and O–H groups in total. The second kappa shape index (κ2) is 10.8. The molecule has 2 aromatic rings. The number of hydrogen-bond acceptors (Lipinski definition) is 2. The van der Waals surface area contributed by atoms with Crippen LogP contribution in [0.1, 0.15) is 52.2 Å². The van der Waals surface area contributed by atoms with Crippen molar-refractivity contribution in [2.45, 2.75) is 46.5 Å². The van der Waals surface area contributed by atoms with E-state index in [0.29, 0.717) is 40.8 Å². The Hall–Kier alpha value is -1.09. The summed E-state index contributed by atoms with van der Waals surface area (Å²) in [4.78, 5) is 0. The van der Waals surface area contributed by atoms with Crippen molar-refractivity contribution in [3.8, 4) is 11.5 Å². The summed E-state index contributed by atoms with van der Waals surface area (Å²) in [6.45, 7) is 11.9. The summed E-state index contributed by atoms with van der Waals surface area (Å²) in [5.74, 6) is 2.72. The van der Waals surface area contributed by atoms with Crippen LogP contribution >= 0.6 is 34.8 Å². The maximum atomic E-state index is 6.51. The number of rotatable bonds is 10. The van der Waals surface area contributed by atoms with Gasteiger partial charge >= 0.3 is 0 Å². The minimum Gasteiger partial charge on any atom is -0.492 e.